The van der Waals surface area contributed by atoms with Crippen LogP contribution in [0, 0.1) is 6.92 Å². The Hall–Kier alpha value is -3.05. The molecule has 1 N–H and O–H groups in total. The molecule has 5 heteroatoms. The first-order valence-electron chi connectivity index (χ1n) is 10.6. The van der Waals surface area contributed by atoms with E-state index in [1.165, 1.54) is 5.56 Å². The molecule has 0 aliphatic carbocycles. The van der Waals surface area contributed by atoms with Crippen LogP contribution in [0.25, 0.3) is 11.4 Å². The summed E-state index contributed by atoms with van der Waals surface area (Å²) in [6.07, 6.45) is 6.77. The van der Waals surface area contributed by atoms with Crippen LogP contribution in [-0.2, 0) is 13.0 Å². The molecule has 2 aromatic carbocycles. The molecule has 2 aliphatic rings. The van der Waals surface area contributed by atoms with Crippen LogP contribution in [0.2, 0.25) is 0 Å². The van der Waals surface area contributed by atoms with E-state index >= 15 is 0 Å². The fourth-order valence-electron chi connectivity index (χ4n) is 4.76. The molecule has 0 saturated carbocycles. The number of likely N-dealkylation sites (tertiary alicyclic amines) is 1. The number of hydrogen-bond donors (Lipinski definition) is 1. The monoisotopic (exact) mass is 398 g/mol. The summed E-state index contributed by atoms with van der Waals surface area (Å²) in [5, 5.41) is 3.35. The minimum absolute atomic E-state index is 0.0656. The maximum absolute atomic E-state index is 12.8. The van der Waals surface area contributed by atoms with Gasteiger partial charge in [-0.3, -0.25) is 9.69 Å². The lowest BCUT2D eigenvalue weighted by Gasteiger charge is -2.29. The van der Waals surface area contributed by atoms with Crippen LogP contribution in [0.1, 0.15) is 39.9 Å². The van der Waals surface area contributed by atoms with Gasteiger partial charge in [-0.25, -0.2) is 9.97 Å². The van der Waals surface area contributed by atoms with E-state index < -0.39 is 0 Å². The summed E-state index contributed by atoms with van der Waals surface area (Å²) in [6.45, 7) is 4.72. The first-order valence-corrected chi connectivity index (χ1v) is 10.6. The first kappa shape index (κ1) is 18.9. The molecule has 1 spiro atoms. The summed E-state index contributed by atoms with van der Waals surface area (Å²) in [6, 6.07) is 16.2. The summed E-state index contributed by atoms with van der Waals surface area (Å²) >= 11 is 0. The average Bonchev–Trinajstić information content (AvgIpc) is 3.09. The number of benzene rings is 2. The molecular weight excluding hydrogens is 372 g/mol. The van der Waals surface area contributed by atoms with Crippen molar-refractivity contribution in [3.8, 4) is 11.4 Å². The molecule has 2 aliphatic heterocycles. The zero-order valence-corrected chi connectivity index (χ0v) is 17.3. The van der Waals surface area contributed by atoms with E-state index in [0.29, 0.717) is 0 Å². The summed E-state index contributed by atoms with van der Waals surface area (Å²) in [5.41, 5.74) is 5.20. The Morgan fingerprint density at radius 1 is 1.00 bits per heavy atom. The van der Waals surface area contributed by atoms with Crippen LogP contribution in [-0.4, -0.2) is 39.4 Å². The number of rotatable bonds is 3. The largest absolute Gasteiger partial charge is 0.345 e. The van der Waals surface area contributed by atoms with Gasteiger partial charge in [-0.15, -0.1) is 0 Å². The molecule has 1 unspecified atom stereocenters. The van der Waals surface area contributed by atoms with Gasteiger partial charge in [0.25, 0.3) is 5.91 Å². The molecule has 0 bridgehead atoms. The maximum atomic E-state index is 12.8. The van der Waals surface area contributed by atoms with Crippen LogP contribution < -0.4 is 5.32 Å². The highest BCUT2D eigenvalue weighted by atomic mass is 16.1. The zero-order chi connectivity index (χ0) is 20.6. The lowest BCUT2D eigenvalue weighted by Crippen LogP contribution is -2.49. The highest BCUT2D eigenvalue weighted by Crippen LogP contribution is 2.31. The van der Waals surface area contributed by atoms with Crippen LogP contribution in [0.4, 0.5) is 0 Å². The third-order valence-corrected chi connectivity index (χ3v) is 6.44. The summed E-state index contributed by atoms with van der Waals surface area (Å²) in [7, 11) is 0. The topological polar surface area (TPSA) is 58.1 Å². The number of aromatic nitrogens is 2. The Bertz CT molecular complexity index is 1080. The highest BCUT2D eigenvalue weighted by molar-refractivity contribution is 5.96. The van der Waals surface area contributed by atoms with Gasteiger partial charge in [0.2, 0.25) is 0 Å². The van der Waals surface area contributed by atoms with Crippen molar-refractivity contribution >= 4 is 5.91 Å². The minimum atomic E-state index is -0.141. The van der Waals surface area contributed by atoms with E-state index in [9.17, 15) is 4.79 Å². The van der Waals surface area contributed by atoms with Crippen LogP contribution in [0.15, 0.2) is 60.9 Å². The molecule has 1 atom stereocenters. The quantitative estimate of drug-likeness (QED) is 0.730. The fraction of sp³-hybridized carbons (Fsp3) is 0.320. The van der Waals surface area contributed by atoms with E-state index in [1.807, 2.05) is 42.7 Å². The van der Waals surface area contributed by atoms with Gasteiger partial charge >= 0.3 is 0 Å². The summed E-state index contributed by atoms with van der Waals surface area (Å²) in [4.78, 5) is 24.4. The van der Waals surface area contributed by atoms with Crippen molar-refractivity contribution in [1.29, 1.82) is 0 Å². The second kappa shape index (κ2) is 7.65. The number of nitrogens with one attached hydrogen (secondary N) is 1. The average molecular weight is 399 g/mol. The van der Waals surface area contributed by atoms with Crippen molar-refractivity contribution in [3.63, 3.8) is 0 Å². The van der Waals surface area contributed by atoms with E-state index in [1.54, 1.807) is 0 Å². The van der Waals surface area contributed by atoms with E-state index in [0.717, 1.165) is 67.0 Å². The van der Waals surface area contributed by atoms with Gasteiger partial charge in [0.1, 0.15) is 0 Å². The lowest BCUT2D eigenvalue weighted by molar-refractivity contribution is 0.0902. The SMILES string of the molecule is Cc1ccccc1-c1ncc(CN2CCC3(CCc4ccccc4C(=O)N3)C2)cn1. The fourth-order valence-corrected chi connectivity index (χ4v) is 4.76. The number of amides is 1. The molecule has 3 heterocycles. The Morgan fingerprint density at radius 2 is 1.73 bits per heavy atom. The number of carbonyl (C=O) groups excluding carboxylic acids is 1. The molecule has 5 nitrogen and oxygen atoms in total. The predicted molar refractivity (Wildman–Crippen MR) is 117 cm³/mol. The molecule has 1 fully saturated rings. The number of fused-ring (bicyclic) bond motifs is 1. The molecule has 1 aromatic heterocycles. The Labute approximate surface area is 177 Å². The molecule has 1 amide bonds. The van der Waals surface area contributed by atoms with Gasteiger partial charge in [-0.1, -0.05) is 42.5 Å². The van der Waals surface area contributed by atoms with Crippen molar-refractivity contribution in [3.05, 3.63) is 83.2 Å². The molecule has 3 aromatic rings. The van der Waals surface area contributed by atoms with Gasteiger partial charge in [-0.05, 0) is 43.4 Å². The van der Waals surface area contributed by atoms with E-state index in [4.69, 9.17) is 0 Å². The molecule has 0 radical (unpaired) electrons. The Morgan fingerprint density at radius 3 is 2.53 bits per heavy atom. The highest BCUT2D eigenvalue weighted by Gasteiger charge is 2.41. The van der Waals surface area contributed by atoms with Crippen molar-refractivity contribution in [2.75, 3.05) is 13.1 Å². The Balaban J connectivity index is 1.27. The minimum Gasteiger partial charge on any atom is -0.345 e. The first-order chi connectivity index (χ1) is 14.6. The number of hydrogen-bond acceptors (Lipinski definition) is 4. The van der Waals surface area contributed by atoms with Crippen LogP contribution in [0.5, 0.6) is 0 Å². The third-order valence-electron chi connectivity index (χ3n) is 6.44. The number of nitrogens with zero attached hydrogens (tertiary/aromatic N) is 3. The van der Waals surface area contributed by atoms with Crippen LogP contribution in [0.3, 0.4) is 0 Å². The molecular formula is C25H26N4O. The van der Waals surface area contributed by atoms with Gasteiger partial charge in [0.05, 0.1) is 5.54 Å². The zero-order valence-electron chi connectivity index (χ0n) is 17.3. The van der Waals surface area contributed by atoms with E-state index in [2.05, 4.69) is 45.3 Å². The second-order valence-electron chi connectivity index (χ2n) is 8.58. The second-order valence-corrected chi connectivity index (χ2v) is 8.58. The predicted octanol–water partition coefficient (Wildman–Crippen LogP) is 3.77. The lowest BCUT2D eigenvalue weighted by atomic mass is 9.91. The third kappa shape index (κ3) is 3.61. The van der Waals surface area contributed by atoms with Crippen molar-refractivity contribution < 1.29 is 4.79 Å². The Kier molecular flexibility index (Phi) is 4.83. The van der Waals surface area contributed by atoms with Gasteiger partial charge in [0, 0.05) is 48.7 Å². The number of aryl methyl sites for hydroxylation is 2. The number of carbonyl (C=O) groups is 1. The molecule has 30 heavy (non-hydrogen) atoms. The van der Waals surface area contributed by atoms with Gasteiger partial charge < -0.3 is 5.32 Å². The molecule has 5 rings (SSSR count). The normalized spacial score (nSPS) is 21.3. The van der Waals surface area contributed by atoms with Crippen molar-refractivity contribution in [2.45, 2.75) is 38.3 Å². The van der Waals surface area contributed by atoms with Gasteiger partial charge in [-0.2, -0.15) is 0 Å². The smallest absolute Gasteiger partial charge is 0.252 e. The summed E-state index contributed by atoms with van der Waals surface area (Å²) in [5.74, 6) is 0.833. The van der Waals surface area contributed by atoms with Gasteiger partial charge in [0.15, 0.2) is 5.82 Å². The summed E-state index contributed by atoms with van der Waals surface area (Å²) < 4.78 is 0. The molecule has 1 saturated heterocycles. The maximum Gasteiger partial charge on any atom is 0.252 e. The van der Waals surface area contributed by atoms with Crippen molar-refractivity contribution in [2.24, 2.45) is 0 Å². The van der Waals surface area contributed by atoms with E-state index in [-0.39, 0.29) is 11.4 Å². The molecule has 152 valence electrons. The van der Waals surface area contributed by atoms with Crippen molar-refractivity contribution in [1.82, 2.24) is 20.2 Å². The standard InChI is InChI=1S/C25H26N4O/c1-18-6-2-4-8-21(18)23-26-14-19(15-27-23)16-29-13-12-25(17-29)11-10-20-7-3-5-9-22(20)24(30)28-25/h2-9,14-15H,10-13,16-17H2,1H3,(H,28,30). The van der Waals surface area contributed by atoms with Crippen LogP contribution >= 0.6 is 0 Å².